The van der Waals surface area contributed by atoms with E-state index in [2.05, 4.69) is 0 Å². The smallest absolute Gasteiger partial charge is 0.163 e. The number of carbonyl (C=O) groups is 1. The van der Waals surface area contributed by atoms with Gasteiger partial charge in [-0.1, -0.05) is 0 Å². The van der Waals surface area contributed by atoms with Crippen molar-refractivity contribution in [3.05, 3.63) is 41.0 Å². The van der Waals surface area contributed by atoms with Gasteiger partial charge >= 0.3 is 0 Å². The Bertz CT molecular complexity index is 690. The molecule has 4 nitrogen and oxygen atoms in total. The summed E-state index contributed by atoms with van der Waals surface area (Å²) in [5.74, 6) is 0.699. The fraction of sp³-hybridized carbons (Fsp3) is 0.312. The van der Waals surface area contributed by atoms with E-state index < -0.39 is 6.10 Å². The van der Waals surface area contributed by atoms with Crippen LogP contribution in [0.1, 0.15) is 40.4 Å². The third-order valence-electron chi connectivity index (χ3n) is 3.89. The molecule has 0 saturated carbocycles. The third-order valence-corrected chi connectivity index (χ3v) is 3.89. The molecule has 2 aromatic rings. The van der Waals surface area contributed by atoms with Crippen LogP contribution in [-0.2, 0) is 6.61 Å². The minimum absolute atomic E-state index is 0.0481. The number of methoxy groups -OCH3 is 1. The second kappa shape index (κ2) is 4.89. The molecule has 3 rings (SSSR count). The van der Waals surface area contributed by atoms with Gasteiger partial charge in [0.25, 0.3) is 0 Å². The van der Waals surface area contributed by atoms with Gasteiger partial charge in [0.05, 0.1) is 19.8 Å². The number of hydrogen-bond donors (Lipinski definition) is 2. The maximum absolute atomic E-state index is 12.0. The predicted octanol–water partition coefficient (Wildman–Crippen LogP) is 2.35. The number of fused-ring (bicyclic) bond motifs is 2. The molecule has 0 saturated heterocycles. The largest absolute Gasteiger partial charge is 0.497 e. The highest BCUT2D eigenvalue weighted by atomic mass is 16.5. The zero-order chi connectivity index (χ0) is 14.3. The molecule has 0 amide bonds. The van der Waals surface area contributed by atoms with E-state index in [-0.39, 0.29) is 12.4 Å². The Balaban J connectivity index is 2.32. The zero-order valence-corrected chi connectivity index (χ0v) is 11.2. The molecule has 0 fully saturated rings. The second-order valence-electron chi connectivity index (χ2n) is 5.08. The van der Waals surface area contributed by atoms with Crippen molar-refractivity contribution < 1.29 is 19.7 Å². The second-order valence-corrected chi connectivity index (χ2v) is 5.08. The van der Waals surface area contributed by atoms with Gasteiger partial charge in [-0.25, -0.2) is 0 Å². The molecular formula is C16H16O4. The SMILES string of the molecule is COc1cc(CO)c2cc3c(cc2c1)[C@@H](O)CCC3=O. The van der Waals surface area contributed by atoms with Gasteiger partial charge in [0.1, 0.15) is 5.75 Å². The monoisotopic (exact) mass is 272 g/mol. The molecule has 0 bridgehead atoms. The maximum Gasteiger partial charge on any atom is 0.163 e. The number of carbonyl (C=O) groups excluding carboxylic acids is 1. The third kappa shape index (κ3) is 1.97. The maximum atomic E-state index is 12.0. The van der Waals surface area contributed by atoms with E-state index in [4.69, 9.17) is 4.74 Å². The molecule has 20 heavy (non-hydrogen) atoms. The first kappa shape index (κ1) is 13.1. The van der Waals surface area contributed by atoms with Crippen molar-refractivity contribution in [2.45, 2.75) is 25.6 Å². The van der Waals surface area contributed by atoms with E-state index >= 15 is 0 Å². The number of aliphatic hydroxyl groups is 2. The molecule has 4 heteroatoms. The normalized spacial score (nSPS) is 18.1. The summed E-state index contributed by atoms with van der Waals surface area (Å²) in [6.07, 6.45) is 0.231. The molecule has 1 atom stereocenters. The van der Waals surface area contributed by atoms with Gasteiger partial charge in [-0.15, -0.1) is 0 Å². The van der Waals surface area contributed by atoms with Crippen molar-refractivity contribution in [2.75, 3.05) is 7.11 Å². The summed E-state index contributed by atoms with van der Waals surface area (Å²) in [5, 5.41) is 21.2. The molecule has 2 aromatic carbocycles. The molecule has 0 aromatic heterocycles. The van der Waals surface area contributed by atoms with Crippen LogP contribution in [-0.4, -0.2) is 23.1 Å². The Morgan fingerprint density at radius 3 is 2.80 bits per heavy atom. The van der Waals surface area contributed by atoms with Crippen molar-refractivity contribution in [1.29, 1.82) is 0 Å². The van der Waals surface area contributed by atoms with Crippen LogP contribution in [0.3, 0.4) is 0 Å². The molecule has 0 aliphatic heterocycles. The van der Waals surface area contributed by atoms with Gasteiger partial charge in [-0.05, 0) is 52.6 Å². The summed E-state index contributed by atoms with van der Waals surface area (Å²) in [7, 11) is 1.57. The Kier molecular flexibility index (Phi) is 3.20. The number of rotatable bonds is 2. The van der Waals surface area contributed by atoms with Crippen LogP contribution < -0.4 is 4.74 Å². The minimum atomic E-state index is -0.601. The van der Waals surface area contributed by atoms with E-state index in [1.807, 2.05) is 12.1 Å². The van der Waals surface area contributed by atoms with Crippen LogP contribution in [0.5, 0.6) is 5.75 Å². The lowest BCUT2D eigenvalue weighted by molar-refractivity contribution is 0.0897. The fourth-order valence-corrected chi connectivity index (χ4v) is 2.80. The number of ether oxygens (including phenoxy) is 1. The molecule has 0 spiro atoms. The number of aliphatic hydroxyl groups excluding tert-OH is 2. The van der Waals surface area contributed by atoms with Crippen molar-refractivity contribution in [1.82, 2.24) is 0 Å². The number of hydrogen-bond acceptors (Lipinski definition) is 4. The average molecular weight is 272 g/mol. The van der Waals surface area contributed by atoms with E-state index in [9.17, 15) is 15.0 Å². The van der Waals surface area contributed by atoms with Crippen LogP contribution in [0, 0.1) is 0 Å². The Hall–Kier alpha value is -1.91. The Morgan fingerprint density at radius 1 is 1.30 bits per heavy atom. The van der Waals surface area contributed by atoms with E-state index in [0.717, 1.165) is 16.3 Å². The van der Waals surface area contributed by atoms with Crippen LogP contribution >= 0.6 is 0 Å². The minimum Gasteiger partial charge on any atom is -0.497 e. The molecule has 2 N–H and O–H groups in total. The summed E-state index contributed by atoms with van der Waals surface area (Å²) >= 11 is 0. The van der Waals surface area contributed by atoms with Crippen molar-refractivity contribution in [3.63, 3.8) is 0 Å². The topological polar surface area (TPSA) is 66.8 Å². The number of Topliss-reactive ketones (excluding diaryl/α,β-unsaturated/α-hetero) is 1. The van der Waals surface area contributed by atoms with Crippen LogP contribution in [0.15, 0.2) is 24.3 Å². The summed E-state index contributed by atoms with van der Waals surface area (Å²) in [5.41, 5.74) is 1.96. The van der Waals surface area contributed by atoms with Gasteiger partial charge in [0.15, 0.2) is 5.78 Å². The first-order valence-corrected chi connectivity index (χ1v) is 6.60. The highest BCUT2D eigenvalue weighted by Crippen LogP contribution is 2.35. The summed E-state index contributed by atoms with van der Waals surface area (Å²) in [6.45, 7) is -0.122. The van der Waals surface area contributed by atoms with Crippen molar-refractivity contribution in [2.24, 2.45) is 0 Å². The fourth-order valence-electron chi connectivity index (χ4n) is 2.80. The summed E-state index contributed by atoms with van der Waals surface area (Å²) in [4.78, 5) is 12.0. The zero-order valence-electron chi connectivity index (χ0n) is 11.2. The number of ketones is 1. The number of benzene rings is 2. The molecule has 0 heterocycles. The lowest BCUT2D eigenvalue weighted by Gasteiger charge is -2.21. The molecule has 1 aliphatic carbocycles. The van der Waals surface area contributed by atoms with E-state index in [0.29, 0.717) is 29.7 Å². The van der Waals surface area contributed by atoms with Gasteiger partial charge in [0.2, 0.25) is 0 Å². The molecule has 0 radical (unpaired) electrons. The predicted molar refractivity (Wildman–Crippen MR) is 74.9 cm³/mol. The molecule has 0 unspecified atom stereocenters. The van der Waals surface area contributed by atoms with Gasteiger partial charge in [-0.2, -0.15) is 0 Å². The highest BCUT2D eigenvalue weighted by molar-refractivity contribution is 6.03. The summed E-state index contributed by atoms with van der Waals surface area (Å²) in [6, 6.07) is 7.22. The van der Waals surface area contributed by atoms with Crippen LogP contribution in [0.25, 0.3) is 10.8 Å². The van der Waals surface area contributed by atoms with Crippen LogP contribution in [0.2, 0.25) is 0 Å². The first-order valence-electron chi connectivity index (χ1n) is 6.60. The standard InChI is InChI=1S/C16H16O4/c1-20-11-4-9-6-13-14(16(19)3-2-15(13)18)7-12(9)10(5-11)8-17/h4-7,15,17-18H,2-3,8H2,1H3/t15-/m0/s1. The summed E-state index contributed by atoms with van der Waals surface area (Å²) < 4.78 is 5.22. The van der Waals surface area contributed by atoms with Crippen molar-refractivity contribution in [3.8, 4) is 5.75 Å². The van der Waals surface area contributed by atoms with Gasteiger partial charge in [-0.3, -0.25) is 4.79 Å². The Labute approximate surface area is 116 Å². The van der Waals surface area contributed by atoms with E-state index in [1.54, 1.807) is 19.2 Å². The lowest BCUT2D eigenvalue weighted by Crippen LogP contribution is -2.15. The quantitative estimate of drug-likeness (QED) is 0.880. The average Bonchev–Trinajstić information content (AvgIpc) is 2.48. The Morgan fingerprint density at radius 2 is 2.10 bits per heavy atom. The lowest BCUT2D eigenvalue weighted by atomic mass is 9.85. The molecule has 1 aliphatic rings. The van der Waals surface area contributed by atoms with Crippen LogP contribution in [0.4, 0.5) is 0 Å². The molecular weight excluding hydrogens is 256 g/mol. The van der Waals surface area contributed by atoms with Gasteiger partial charge < -0.3 is 14.9 Å². The van der Waals surface area contributed by atoms with E-state index in [1.165, 1.54) is 0 Å². The highest BCUT2D eigenvalue weighted by Gasteiger charge is 2.25. The van der Waals surface area contributed by atoms with Crippen molar-refractivity contribution >= 4 is 16.6 Å². The first-order chi connectivity index (χ1) is 9.63. The molecule has 104 valence electrons. The van der Waals surface area contributed by atoms with Gasteiger partial charge in [0, 0.05) is 12.0 Å².